The number of carbonyl (C=O) groups is 1. The Morgan fingerprint density at radius 3 is 2.38 bits per heavy atom. The third kappa shape index (κ3) is 4.78. The SMILES string of the molecule is Cn1c(C(C)(C)C)nc2c(N3CC[C@](C)(N)C3)c(NC(=O)c3ccc(=O)n(-c4c(F)cccc4F)n3)ccc21. The van der Waals surface area contributed by atoms with Gasteiger partial charge in [-0.25, -0.2) is 13.8 Å². The Labute approximate surface area is 224 Å². The average molecular weight is 536 g/mol. The number of imidazole rings is 1. The number of amides is 1. The van der Waals surface area contributed by atoms with E-state index in [1.165, 1.54) is 12.1 Å². The first-order chi connectivity index (χ1) is 18.3. The minimum atomic E-state index is -0.974. The highest BCUT2D eigenvalue weighted by molar-refractivity contribution is 6.08. The van der Waals surface area contributed by atoms with Gasteiger partial charge in [-0.3, -0.25) is 9.59 Å². The lowest BCUT2D eigenvalue weighted by atomic mass is 9.96. The van der Waals surface area contributed by atoms with E-state index in [0.717, 1.165) is 47.2 Å². The predicted molar refractivity (Wildman–Crippen MR) is 147 cm³/mol. The fourth-order valence-electron chi connectivity index (χ4n) is 5.08. The fourth-order valence-corrected chi connectivity index (χ4v) is 5.08. The van der Waals surface area contributed by atoms with Gasteiger partial charge in [0.1, 0.15) is 22.7 Å². The lowest BCUT2D eigenvalue weighted by Gasteiger charge is -2.24. The van der Waals surface area contributed by atoms with Crippen molar-refractivity contribution in [2.45, 2.75) is 45.1 Å². The van der Waals surface area contributed by atoms with Crippen LogP contribution in [0.2, 0.25) is 0 Å². The Hall–Kier alpha value is -4.12. The topological polar surface area (TPSA) is 111 Å². The molecule has 1 fully saturated rings. The fraction of sp³-hybridized carbons (Fsp3) is 0.357. The molecule has 4 aromatic rings. The van der Waals surface area contributed by atoms with Crippen LogP contribution < -0.4 is 21.5 Å². The summed E-state index contributed by atoms with van der Waals surface area (Å²) in [6.07, 6.45) is 0.760. The van der Waals surface area contributed by atoms with Gasteiger partial charge in [-0.15, -0.1) is 0 Å². The molecule has 0 radical (unpaired) electrons. The number of nitrogens with one attached hydrogen (secondary N) is 1. The lowest BCUT2D eigenvalue weighted by Crippen LogP contribution is -2.39. The molecule has 0 bridgehead atoms. The highest BCUT2D eigenvalue weighted by Crippen LogP contribution is 2.39. The number of carbonyl (C=O) groups excluding carboxylic acids is 1. The summed E-state index contributed by atoms with van der Waals surface area (Å²) >= 11 is 0. The molecule has 5 rings (SSSR count). The van der Waals surface area contributed by atoms with E-state index in [2.05, 4.69) is 36.1 Å². The Bertz CT molecular complexity index is 1650. The third-order valence-corrected chi connectivity index (χ3v) is 6.95. The van der Waals surface area contributed by atoms with Crippen molar-refractivity contribution >= 4 is 28.3 Å². The molecule has 3 heterocycles. The molecule has 0 spiro atoms. The highest BCUT2D eigenvalue weighted by atomic mass is 19.1. The Kier molecular flexibility index (Phi) is 6.29. The Morgan fingerprint density at radius 1 is 1.08 bits per heavy atom. The summed E-state index contributed by atoms with van der Waals surface area (Å²) in [5, 5.41) is 6.86. The zero-order valence-corrected chi connectivity index (χ0v) is 22.5. The molecular weight excluding hydrogens is 504 g/mol. The number of anilines is 2. The van der Waals surface area contributed by atoms with Crippen LogP contribution in [-0.2, 0) is 12.5 Å². The largest absolute Gasteiger partial charge is 0.366 e. The molecule has 1 atom stereocenters. The molecule has 1 saturated heterocycles. The van der Waals surface area contributed by atoms with Gasteiger partial charge in [-0.05, 0) is 43.7 Å². The molecule has 0 saturated carbocycles. The van der Waals surface area contributed by atoms with Crippen LogP contribution in [-0.4, -0.2) is 43.9 Å². The number of rotatable bonds is 4. The summed E-state index contributed by atoms with van der Waals surface area (Å²) in [7, 11) is 1.96. The quantitative estimate of drug-likeness (QED) is 0.411. The van der Waals surface area contributed by atoms with E-state index in [-0.39, 0.29) is 11.1 Å². The van der Waals surface area contributed by atoms with Gasteiger partial charge in [0.2, 0.25) is 0 Å². The van der Waals surface area contributed by atoms with Crippen LogP contribution >= 0.6 is 0 Å². The molecule has 1 amide bonds. The molecule has 3 N–H and O–H groups in total. The van der Waals surface area contributed by atoms with E-state index in [1.807, 2.05) is 24.6 Å². The number of hydrogen-bond acceptors (Lipinski definition) is 6. The van der Waals surface area contributed by atoms with Crippen LogP contribution in [0.25, 0.3) is 16.7 Å². The van der Waals surface area contributed by atoms with E-state index in [0.29, 0.717) is 23.5 Å². The van der Waals surface area contributed by atoms with E-state index in [9.17, 15) is 18.4 Å². The molecule has 2 aromatic carbocycles. The number of halogens is 2. The van der Waals surface area contributed by atoms with Crippen LogP contribution in [0.5, 0.6) is 0 Å². The number of fused-ring (bicyclic) bond motifs is 1. The van der Waals surface area contributed by atoms with Gasteiger partial charge in [0, 0.05) is 37.2 Å². The van der Waals surface area contributed by atoms with Gasteiger partial charge in [-0.1, -0.05) is 26.8 Å². The van der Waals surface area contributed by atoms with Gasteiger partial charge in [0.15, 0.2) is 11.6 Å². The van der Waals surface area contributed by atoms with Crippen LogP contribution in [0.1, 0.15) is 50.4 Å². The molecule has 11 heteroatoms. The number of aromatic nitrogens is 4. The highest BCUT2D eigenvalue weighted by Gasteiger charge is 2.34. The van der Waals surface area contributed by atoms with Crippen LogP contribution in [0.15, 0.2) is 47.3 Å². The maximum absolute atomic E-state index is 14.4. The van der Waals surface area contributed by atoms with Crippen molar-refractivity contribution in [3.63, 3.8) is 0 Å². The van der Waals surface area contributed by atoms with Gasteiger partial charge < -0.3 is 20.5 Å². The smallest absolute Gasteiger partial charge is 0.276 e. The summed E-state index contributed by atoms with van der Waals surface area (Å²) in [4.78, 5) is 32.9. The van der Waals surface area contributed by atoms with Crippen LogP contribution in [0, 0.1) is 11.6 Å². The van der Waals surface area contributed by atoms with Gasteiger partial charge in [0.25, 0.3) is 11.5 Å². The summed E-state index contributed by atoms with van der Waals surface area (Å²) in [5.74, 6) is -1.71. The molecule has 1 aliphatic heterocycles. The van der Waals surface area contributed by atoms with Crippen molar-refractivity contribution in [1.82, 2.24) is 19.3 Å². The van der Waals surface area contributed by atoms with Gasteiger partial charge >= 0.3 is 0 Å². The monoisotopic (exact) mass is 535 g/mol. The van der Waals surface area contributed by atoms with Crippen LogP contribution in [0.4, 0.5) is 20.2 Å². The lowest BCUT2D eigenvalue weighted by molar-refractivity contribution is 0.102. The van der Waals surface area contributed by atoms with Crippen molar-refractivity contribution in [2.24, 2.45) is 12.8 Å². The number of nitrogens with two attached hydrogens (primary N) is 1. The van der Waals surface area contributed by atoms with Crippen LogP contribution in [0.3, 0.4) is 0 Å². The van der Waals surface area contributed by atoms with Crippen molar-refractivity contribution in [2.75, 3.05) is 23.3 Å². The van der Waals surface area contributed by atoms with Crippen molar-refractivity contribution in [3.8, 4) is 5.69 Å². The molecule has 39 heavy (non-hydrogen) atoms. The van der Waals surface area contributed by atoms with Crippen molar-refractivity contribution in [1.29, 1.82) is 0 Å². The third-order valence-electron chi connectivity index (χ3n) is 6.95. The Morgan fingerprint density at radius 2 is 1.77 bits per heavy atom. The minimum Gasteiger partial charge on any atom is -0.366 e. The second-order valence-corrected chi connectivity index (χ2v) is 11.4. The average Bonchev–Trinajstić information content (AvgIpc) is 3.38. The van der Waals surface area contributed by atoms with Crippen molar-refractivity contribution in [3.05, 3.63) is 76.0 Å². The van der Waals surface area contributed by atoms with Crippen molar-refractivity contribution < 1.29 is 13.6 Å². The number of benzene rings is 2. The van der Waals surface area contributed by atoms with E-state index < -0.39 is 34.3 Å². The molecule has 0 aliphatic carbocycles. The number of aryl methyl sites for hydroxylation is 1. The molecule has 1 aliphatic rings. The minimum absolute atomic E-state index is 0.190. The Balaban J connectivity index is 1.60. The van der Waals surface area contributed by atoms with Gasteiger partial charge in [-0.2, -0.15) is 9.78 Å². The van der Waals surface area contributed by atoms with E-state index in [4.69, 9.17) is 10.7 Å². The first kappa shape index (κ1) is 26.5. The second-order valence-electron chi connectivity index (χ2n) is 11.4. The summed E-state index contributed by atoms with van der Waals surface area (Å²) < 4.78 is 31.4. The number of hydrogen-bond donors (Lipinski definition) is 2. The maximum Gasteiger partial charge on any atom is 0.276 e. The molecule has 204 valence electrons. The molecule has 2 aromatic heterocycles. The van der Waals surface area contributed by atoms with E-state index >= 15 is 0 Å². The normalized spacial score (nSPS) is 17.7. The first-order valence-corrected chi connectivity index (χ1v) is 12.7. The summed E-state index contributed by atoms with van der Waals surface area (Å²) in [6.45, 7) is 9.48. The zero-order chi connectivity index (χ0) is 28.3. The summed E-state index contributed by atoms with van der Waals surface area (Å²) in [6, 6.07) is 9.16. The van der Waals surface area contributed by atoms with E-state index in [1.54, 1.807) is 6.07 Å². The second kappa shape index (κ2) is 9.26. The predicted octanol–water partition coefficient (Wildman–Crippen LogP) is 3.87. The van der Waals surface area contributed by atoms with Gasteiger partial charge in [0.05, 0.1) is 16.9 Å². The maximum atomic E-state index is 14.4. The molecule has 0 unspecified atom stereocenters. The zero-order valence-electron chi connectivity index (χ0n) is 22.5. The standard InChI is InChI=1S/C28H31F2N7O2/c1-27(2,3)26-33-22-20(35(26)5)11-9-18(24(22)36-14-13-28(4,31)15-36)32-25(39)19-10-12-21(38)37(34-19)23-16(29)7-6-8-17(23)30/h6-12H,13-15,31H2,1-5H3,(H,32,39)/t28-/m0/s1. The molecule has 9 nitrogen and oxygen atoms in total. The first-order valence-electron chi connectivity index (χ1n) is 12.7. The number of nitrogens with zero attached hydrogens (tertiary/aromatic N) is 5. The molecular formula is C28H31F2N7O2. The summed E-state index contributed by atoms with van der Waals surface area (Å²) in [5.41, 5.74) is 7.05. The number of para-hydroxylation sites is 1.